The minimum atomic E-state index is -0.106. The summed E-state index contributed by atoms with van der Waals surface area (Å²) in [5.74, 6) is -0.227. The summed E-state index contributed by atoms with van der Waals surface area (Å²) in [4.78, 5) is 35.4. The predicted molar refractivity (Wildman–Crippen MR) is 211 cm³/mol. The molecule has 0 aliphatic heterocycles. The molecule has 0 radical (unpaired) electrons. The first-order chi connectivity index (χ1) is 24.4. The van der Waals surface area contributed by atoms with Crippen molar-refractivity contribution in [1.82, 2.24) is 0 Å². The monoisotopic (exact) mass is 710 g/mol. The Labute approximate surface area is 310 Å². The van der Waals surface area contributed by atoms with Crippen LogP contribution in [0.3, 0.4) is 0 Å². The maximum absolute atomic E-state index is 12.4. The number of esters is 3. The summed E-state index contributed by atoms with van der Waals surface area (Å²) in [6.07, 6.45) is 35.0. The molecule has 0 amide bonds. The number of rotatable bonds is 35. The number of hydrogen-bond donors (Lipinski definition) is 1. The van der Waals surface area contributed by atoms with Crippen molar-refractivity contribution in [2.24, 2.45) is 5.73 Å². The average Bonchev–Trinajstić information content (AvgIpc) is 3.11. The summed E-state index contributed by atoms with van der Waals surface area (Å²) in [6, 6.07) is 0. The molecule has 0 aromatic carbocycles. The van der Waals surface area contributed by atoms with Gasteiger partial charge in [-0.05, 0) is 77.2 Å². The van der Waals surface area contributed by atoms with Crippen LogP contribution in [0.2, 0.25) is 0 Å². The molecule has 0 aromatic rings. The van der Waals surface area contributed by atoms with E-state index >= 15 is 0 Å². The number of carbonyl (C=O) groups is 3. The van der Waals surface area contributed by atoms with Gasteiger partial charge in [0, 0.05) is 19.3 Å². The summed E-state index contributed by atoms with van der Waals surface area (Å²) in [5, 5.41) is 0. The molecule has 296 valence electrons. The van der Waals surface area contributed by atoms with Gasteiger partial charge in [0.05, 0.1) is 0 Å². The lowest BCUT2D eigenvalue weighted by atomic mass is 10.0. The first kappa shape index (κ1) is 50.2. The minimum Gasteiger partial charge on any atom is -0.462 e. The Morgan fingerprint density at radius 2 is 0.940 bits per heavy atom. The minimum absolute atomic E-state index is 0.0193. The van der Waals surface area contributed by atoms with Crippen molar-refractivity contribution >= 4 is 17.9 Å². The molecule has 7 heteroatoms. The van der Waals surface area contributed by atoms with Crippen molar-refractivity contribution < 1.29 is 28.6 Å². The van der Waals surface area contributed by atoms with Crippen molar-refractivity contribution in [3.05, 3.63) is 12.2 Å². The van der Waals surface area contributed by atoms with Gasteiger partial charge in [-0.1, -0.05) is 143 Å². The molecule has 0 aliphatic rings. The third-order valence-electron chi connectivity index (χ3n) is 9.00. The zero-order valence-electron chi connectivity index (χ0n) is 33.8. The van der Waals surface area contributed by atoms with Gasteiger partial charge in [0.1, 0.15) is 18.8 Å². The van der Waals surface area contributed by atoms with Crippen LogP contribution >= 0.6 is 0 Å². The third-order valence-corrected chi connectivity index (χ3v) is 9.00. The van der Waals surface area contributed by atoms with Gasteiger partial charge < -0.3 is 19.9 Å². The van der Waals surface area contributed by atoms with E-state index in [1.165, 1.54) is 89.9 Å². The number of nitrogens with two attached hydrogens (primary N) is 1. The van der Waals surface area contributed by atoms with Gasteiger partial charge in [-0.25, -0.2) is 0 Å². The molecule has 1 unspecified atom stereocenters. The van der Waals surface area contributed by atoms with Crippen LogP contribution in [0.4, 0.5) is 0 Å². The molecule has 2 N–H and O–H groups in total. The molecule has 0 bridgehead atoms. The molecular formula is C43H83NO6. The summed E-state index contributed by atoms with van der Waals surface area (Å²) in [6.45, 7) is 11.8. The third kappa shape index (κ3) is 38.9. The molecule has 0 aromatic heterocycles. The second-order valence-electron chi connectivity index (χ2n) is 14.0. The topological polar surface area (TPSA) is 105 Å². The average molecular weight is 710 g/mol. The van der Waals surface area contributed by atoms with Crippen LogP contribution in [0.15, 0.2) is 12.2 Å². The van der Waals surface area contributed by atoms with Crippen molar-refractivity contribution in [3.63, 3.8) is 0 Å². The molecule has 1 atom stereocenters. The van der Waals surface area contributed by atoms with Crippen LogP contribution in [0, 0.1) is 0 Å². The number of ether oxygens (including phenoxy) is 3. The van der Waals surface area contributed by atoms with E-state index in [0.717, 1.165) is 77.0 Å². The number of unbranched alkanes of at least 4 members (excludes halogenated alkanes) is 16. The van der Waals surface area contributed by atoms with E-state index < -0.39 is 0 Å². The predicted octanol–water partition coefficient (Wildman–Crippen LogP) is 12.3. The summed E-state index contributed by atoms with van der Waals surface area (Å²) >= 11 is 0. The van der Waals surface area contributed by atoms with E-state index in [0.29, 0.717) is 32.4 Å². The maximum atomic E-state index is 12.4. The Morgan fingerprint density at radius 3 is 1.46 bits per heavy atom. The van der Waals surface area contributed by atoms with E-state index in [1.54, 1.807) is 0 Å². The Balaban J connectivity index is 0. The number of carbonyl (C=O) groups excluding carboxylic acids is 3. The maximum Gasteiger partial charge on any atom is 0.306 e. The smallest absolute Gasteiger partial charge is 0.306 e. The van der Waals surface area contributed by atoms with Gasteiger partial charge in [0.25, 0.3) is 0 Å². The fraction of sp³-hybridized carbons (Fsp3) is 0.884. The van der Waals surface area contributed by atoms with Crippen LogP contribution in [-0.4, -0.2) is 43.3 Å². The molecule has 50 heavy (non-hydrogen) atoms. The Bertz CT molecular complexity index is 756. The fourth-order valence-electron chi connectivity index (χ4n) is 5.77. The van der Waals surface area contributed by atoms with Crippen LogP contribution in [0.5, 0.6) is 0 Å². The van der Waals surface area contributed by atoms with Crippen molar-refractivity contribution in [2.45, 2.75) is 233 Å². The molecular weight excluding hydrogens is 626 g/mol. The first-order valence-corrected chi connectivity index (χ1v) is 21.3. The van der Waals surface area contributed by atoms with Crippen molar-refractivity contribution in [1.29, 1.82) is 0 Å². The standard InChI is InChI=1S/C33H62O4.C10H21NO2/c1-4-7-10-13-14-20-25-30-36-32(34)28-23-18-15-19-24-29-33(35)37-31(26-21-16-11-8-5-2)27-22-17-12-9-6-3;1-3-6-9(4-2)13-10(12)7-5-8-11/h20,25,31H,4-19,21-24,26-30H2,1-3H3;9H,3-8,11H2,1-2H3/b25-20-;. The van der Waals surface area contributed by atoms with Crippen molar-refractivity contribution in [2.75, 3.05) is 13.2 Å². The van der Waals surface area contributed by atoms with E-state index in [4.69, 9.17) is 19.9 Å². The largest absolute Gasteiger partial charge is 0.462 e. The second kappa shape index (κ2) is 41.5. The molecule has 0 rings (SSSR count). The molecule has 0 aliphatic carbocycles. The quantitative estimate of drug-likeness (QED) is 0.0302. The van der Waals surface area contributed by atoms with Gasteiger partial charge in [0.2, 0.25) is 0 Å². The fourth-order valence-corrected chi connectivity index (χ4v) is 5.77. The highest BCUT2D eigenvalue weighted by molar-refractivity contribution is 5.70. The zero-order chi connectivity index (χ0) is 37.3. The first-order valence-electron chi connectivity index (χ1n) is 21.3. The lowest BCUT2D eigenvalue weighted by Gasteiger charge is -2.18. The highest BCUT2D eigenvalue weighted by Gasteiger charge is 2.14. The Hall–Kier alpha value is -1.89. The molecule has 0 spiro atoms. The molecule has 0 fully saturated rings. The number of allylic oxidation sites excluding steroid dienone is 1. The Kier molecular flexibility index (Phi) is 41.7. The van der Waals surface area contributed by atoms with Gasteiger partial charge in [-0.3, -0.25) is 14.4 Å². The summed E-state index contributed by atoms with van der Waals surface area (Å²) < 4.78 is 16.4. The second-order valence-corrected chi connectivity index (χ2v) is 14.0. The molecule has 7 nitrogen and oxygen atoms in total. The SMILES string of the molecule is CCCC(CC)OC(=O)CCCN.CCCCCC/C=C\COC(=O)CCCCCCCC(=O)OC(CCCCCCC)CCCCCCC. The lowest BCUT2D eigenvalue weighted by molar-refractivity contribution is -0.150. The molecule has 0 saturated heterocycles. The van der Waals surface area contributed by atoms with E-state index in [2.05, 4.69) is 33.8 Å². The van der Waals surface area contributed by atoms with Gasteiger partial charge in [-0.2, -0.15) is 0 Å². The van der Waals surface area contributed by atoms with Crippen LogP contribution in [-0.2, 0) is 28.6 Å². The lowest BCUT2D eigenvalue weighted by Crippen LogP contribution is -2.18. The van der Waals surface area contributed by atoms with Crippen LogP contribution in [0.25, 0.3) is 0 Å². The highest BCUT2D eigenvalue weighted by atomic mass is 16.5. The van der Waals surface area contributed by atoms with Crippen LogP contribution < -0.4 is 5.73 Å². The van der Waals surface area contributed by atoms with Crippen molar-refractivity contribution in [3.8, 4) is 0 Å². The highest BCUT2D eigenvalue weighted by Crippen LogP contribution is 2.18. The van der Waals surface area contributed by atoms with E-state index in [1.807, 2.05) is 13.0 Å². The van der Waals surface area contributed by atoms with E-state index in [-0.39, 0.29) is 30.1 Å². The zero-order valence-corrected chi connectivity index (χ0v) is 33.8. The van der Waals surface area contributed by atoms with Gasteiger partial charge in [-0.15, -0.1) is 0 Å². The van der Waals surface area contributed by atoms with Gasteiger partial charge >= 0.3 is 17.9 Å². The summed E-state index contributed by atoms with van der Waals surface area (Å²) in [7, 11) is 0. The molecule has 0 heterocycles. The van der Waals surface area contributed by atoms with E-state index in [9.17, 15) is 14.4 Å². The Morgan fingerprint density at radius 1 is 0.480 bits per heavy atom. The molecule has 0 saturated carbocycles. The number of hydrogen-bond acceptors (Lipinski definition) is 7. The normalized spacial score (nSPS) is 11.7. The van der Waals surface area contributed by atoms with Crippen LogP contribution in [0.1, 0.15) is 221 Å². The summed E-state index contributed by atoms with van der Waals surface area (Å²) in [5.41, 5.74) is 5.29. The van der Waals surface area contributed by atoms with Gasteiger partial charge in [0.15, 0.2) is 0 Å².